The number of hydrogen-bond donors (Lipinski definition) is 1. The third-order valence-electron chi connectivity index (χ3n) is 2.87. The molecule has 3 rings (SSSR count). The van der Waals surface area contributed by atoms with Crippen molar-refractivity contribution in [2.45, 2.75) is 11.9 Å². The molecule has 8 heteroatoms. The molecule has 0 radical (unpaired) electrons. The molecular formula is C14H12BrN5OS. The van der Waals surface area contributed by atoms with Crippen molar-refractivity contribution in [2.75, 3.05) is 11.1 Å². The van der Waals surface area contributed by atoms with Crippen molar-refractivity contribution in [3.8, 4) is 0 Å². The number of carbonyl (C=O) groups excluding carboxylic acids is 1. The molecule has 0 atom stereocenters. The van der Waals surface area contributed by atoms with Gasteiger partial charge in [-0.25, -0.2) is 0 Å². The molecule has 0 aliphatic rings. The molecule has 6 nitrogen and oxygen atoms in total. The number of aryl methyl sites for hydroxylation is 1. The van der Waals surface area contributed by atoms with E-state index in [2.05, 4.69) is 36.5 Å². The standard InChI is InChI=1S/C14H12BrN5OS/c1-9-17-18-12-6-7-14(19-20(9)12)22-8-13(21)16-11-4-2-10(15)3-5-11/h2-7H,8H2,1H3,(H,16,21). The highest BCUT2D eigenvalue weighted by Gasteiger charge is 2.07. The van der Waals surface area contributed by atoms with Gasteiger partial charge >= 0.3 is 0 Å². The third kappa shape index (κ3) is 3.45. The first kappa shape index (κ1) is 15.0. The molecule has 2 aromatic heterocycles. The van der Waals surface area contributed by atoms with Gasteiger partial charge in [-0.1, -0.05) is 27.7 Å². The number of halogens is 1. The van der Waals surface area contributed by atoms with E-state index in [1.54, 1.807) is 4.52 Å². The van der Waals surface area contributed by atoms with Crippen LogP contribution in [0, 0.1) is 6.92 Å². The molecule has 1 N–H and O–H groups in total. The molecule has 1 amide bonds. The van der Waals surface area contributed by atoms with E-state index < -0.39 is 0 Å². The summed E-state index contributed by atoms with van der Waals surface area (Å²) in [6.07, 6.45) is 0. The summed E-state index contributed by atoms with van der Waals surface area (Å²) in [5, 5.41) is 15.9. The van der Waals surface area contributed by atoms with Gasteiger partial charge in [-0.3, -0.25) is 4.79 Å². The van der Waals surface area contributed by atoms with Gasteiger partial charge in [0, 0.05) is 10.2 Å². The highest BCUT2D eigenvalue weighted by molar-refractivity contribution is 9.10. The Morgan fingerprint density at radius 3 is 2.77 bits per heavy atom. The molecule has 3 aromatic rings. The molecule has 112 valence electrons. The van der Waals surface area contributed by atoms with Gasteiger partial charge < -0.3 is 5.32 Å². The molecule has 0 bridgehead atoms. The zero-order chi connectivity index (χ0) is 15.5. The molecule has 0 aliphatic heterocycles. The maximum atomic E-state index is 11.9. The lowest BCUT2D eigenvalue weighted by Gasteiger charge is -2.05. The van der Waals surface area contributed by atoms with Gasteiger partial charge in [0.2, 0.25) is 5.91 Å². The Hall–Kier alpha value is -1.93. The lowest BCUT2D eigenvalue weighted by Crippen LogP contribution is -2.14. The van der Waals surface area contributed by atoms with Crippen LogP contribution in [0.25, 0.3) is 5.65 Å². The largest absolute Gasteiger partial charge is 0.325 e. The van der Waals surface area contributed by atoms with Crippen LogP contribution in [0.4, 0.5) is 5.69 Å². The van der Waals surface area contributed by atoms with Crippen LogP contribution in [0.15, 0.2) is 45.9 Å². The van der Waals surface area contributed by atoms with Crippen LogP contribution < -0.4 is 5.32 Å². The molecule has 1 aromatic carbocycles. The third-order valence-corrected chi connectivity index (χ3v) is 4.32. The van der Waals surface area contributed by atoms with Crippen molar-refractivity contribution >= 4 is 44.9 Å². The molecule has 0 fully saturated rings. The number of anilines is 1. The Kier molecular flexibility index (Phi) is 4.39. The molecule has 22 heavy (non-hydrogen) atoms. The van der Waals surface area contributed by atoms with E-state index in [1.807, 2.05) is 43.3 Å². The Labute approximate surface area is 139 Å². The summed E-state index contributed by atoms with van der Waals surface area (Å²) < 4.78 is 2.64. The predicted octanol–water partition coefficient (Wildman–Crippen LogP) is 2.93. The summed E-state index contributed by atoms with van der Waals surface area (Å²) in [6, 6.07) is 11.1. The lowest BCUT2D eigenvalue weighted by molar-refractivity contribution is -0.113. The van der Waals surface area contributed by atoms with E-state index in [9.17, 15) is 4.79 Å². The normalized spacial score (nSPS) is 10.8. The smallest absolute Gasteiger partial charge is 0.234 e. The Balaban J connectivity index is 1.62. The first-order chi connectivity index (χ1) is 10.6. The fourth-order valence-corrected chi connectivity index (χ4v) is 2.75. The maximum absolute atomic E-state index is 11.9. The van der Waals surface area contributed by atoms with Gasteiger partial charge in [0.1, 0.15) is 5.03 Å². The van der Waals surface area contributed by atoms with E-state index in [0.717, 1.165) is 21.0 Å². The van der Waals surface area contributed by atoms with E-state index in [-0.39, 0.29) is 11.7 Å². The van der Waals surface area contributed by atoms with Crippen molar-refractivity contribution in [2.24, 2.45) is 0 Å². The summed E-state index contributed by atoms with van der Waals surface area (Å²) in [6.45, 7) is 1.84. The van der Waals surface area contributed by atoms with Crippen LogP contribution in [0.3, 0.4) is 0 Å². The van der Waals surface area contributed by atoms with Crippen LogP contribution in [0.5, 0.6) is 0 Å². The average Bonchev–Trinajstić information content (AvgIpc) is 2.89. The molecule has 0 spiro atoms. The highest BCUT2D eigenvalue weighted by atomic mass is 79.9. The molecule has 0 unspecified atom stereocenters. The van der Waals surface area contributed by atoms with Gasteiger partial charge in [0.15, 0.2) is 11.5 Å². The first-order valence-corrected chi connectivity index (χ1v) is 8.27. The Bertz CT molecular complexity index is 818. The van der Waals surface area contributed by atoms with Crippen LogP contribution in [0.1, 0.15) is 5.82 Å². The van der Waals surface area contributed by atoms with Crippen molar-refractivity contribution in [1.29, 1.82) is 0 Å². The van der Waals surface area contributed by atoms with Gasteiger partial charge in [-0.2, -0.15) is 9.61 Å². The van der Waals surface area contributed by atoms with Crippen molar-refractivity contribution in [3.05, 3.63) is 46.7 Å². The summed E-state index contributed by atoms with van der Waals surface area (Å²) >= 11 is 4.73. The molecule has 2 heterocycles. The SMILES string of the molecule is Cc1nnc2ccc(SCC(=O)Nc3ccc(Br)cc3)nn12. The second kappa shape index (κ2) is 6.45. The number of fused-ring (bicyclic) bond motifs is 1. The highest BCUT2D eigenvalue weighted by Crippen LogP contribution is 2.17. The van der Waals surface area contributed by atoms with E-state index in [1.165, 1.54) is 11.8 Å². The van der Waals surface area contributed by atoms with Crippen LogP contribution >= 0.6 is 27.7 Å². The minimum Gasteiger partial charge on any atom is -0.325 e. The fraction of sp³-hybridized carbons (Fsp3) is 0.143. The fourth-order valence-electron chi connectivity index (χ4n) is 1.83. The topological polar surface area (TPSA) is 72.2 Å². The number of nitrogens with one attached hydrogen (secondary N) is 1. The number of nitrogens with zero attached hydrogens (tertiary/aromatic N) is 4. The van der Waals surface area contributed by atoms with E-state index >= 15 is 0 Å². The number of benzene rings is 1. The molecule has 0 aliphatic carbocycles. The summed E-state index contributed by atoms with van der Waals surface area (Å²) in [7, 11) is 0. The molecular weight excluding hydrogens is 366 g/mol. The molecule has 0 saturated carbocycles. The quantitative estimate of drug-likeness (QED) is 0.707. The van der Waals surface area contributed by atoms with Crippen LogP contribution in [0.2, 0.25) is 0 Å². The second-order valence-electron chi connectivity index (χ2n) is 4.53. The van der Waals surface area contributed by atoms with Gasteiger partial charge in [-0.15, -0.1) is 10.2 Å². The number of amides is 1. The number of aromatic nitrogens is 4. The summed E-state index contributed by atoms with van der Waals surface area (Å²) in [5.41, 5.74) is 1.47. The first-order valence-electron chi connectivity index (χ1n) is 6.49. The Morgan fingerprint density at radius 1 is 1.23 bits per heavy atom. The minimum atomic E-state index is -0.0744. The summed E-state index contributed by atoms with van der Waals surface area (Å²) in [5.74, 6) is 0.932. The van der Waals surface area contributed by atoms with Crippen LogP contribution in [-0.4, -0.2) is 31.5 Å². The second-order valence-corrected chi connectivity index (χ2v) is 6.44. The number of rotatable bonds is 4. The van der Waals surface area contributed by atoms with Crippen molar-refractivity contribution < 1.29 is 4.79 Å². The minimum absolute atomic E-state index is 0.0744. The van der Waals surface area contributed by atoms with Crippen molar-refractivity contribution in [1.82, 2.24) is 19.8 Å². The lowest BCUT2D eigenvalue weighted by atomic mass is 10.3. The van der Waals surface area contributed by atoms with Crippen molar-refractivity contribution in [3.63, 3.8) is 0 Å². The number of carbonyl (C=O) groups is 1. The van der Waals surface area contributed by atoms with Gasteiger partial charge in [-0.05, 0) is 43.3 Å². The predicted molar refractivity (Wildman–Crippen MR) is 89.0 cm³/mol. The average molecular weight is 378 g/mol. The number of thioether (sulfide) groups is 1. The monoisotopic (exact) mass is 377 g/mol. The van der Waals surface area contributed by atoms with E-state index in [0.29, 0.717) is 5.65 Å². The Morgan fingerprint density at radius 2 is 2.00 bits per heavy atom. The van der Waals surface area contributed by atoms with Gasteiger partial charge in [0.05, 0.1) is 5.75 Å². The van der Waals surface area contributed by atoms with Gasteiger partial charge in [0.25, 0.3) is 0 Å². The number of hydrogen-bond acceptors (Lipinski definition) is 5. The van der Waals surface area contributed by atoms with Crippen LogP contribution in [-0.2, 0) is 4.79 Å². The maximum Gasteiger partial charge on any atom is 0.234 e. The summed E-state index contributed by atoms with van der Waals surface area (Å²) in [4.78, 5) is 11.9. The molecule has 0 saturated heterocycles. The zero-order valence-corrected chi connectivity index (χ0v) is 14.1. The van der Waals surface area contributed by atoms with E-state index in [4.69, 9.17) is 0 Å². The zero-order valence-electron chi connectivity index (χ0n) is 11.7.